The van der Waals surface area contributed by atoms with E-state index in [1.807, 2.05) is 13.0 Å². The summed E-state index contributed by atoms with van der Waals surface area (Å²) >= 11 is 6.26. The van der Waals surface area contributed by atoms with Crippen molar-refractivity contribution in [3.05, 3.63) is 149 Å². The molecule has 49 heavy (non-hydrogen) atoms. The SMILES string of the molecule is COc1ccccc1NC(=O)COc1ccc(/C=N\NC(=O)c2ccc(CN(c3cc(Cl)ccc3C)S(=O)(=O)c3ccccc3)cc2)cc1. The number of hydrogen-bond donors (Lipinski definition) is 2. The molecule has 5 aromatic carbocycles. The molecule has 0 aliphatic carbocycles. The average Bonchev–Trinajstić information content (AvgIpc) is 3.12. The summed E-state index contributed by atoms with van der Waals surface area (Å²) in [6.07, 6.45) is 1.48. The van der Waals surface area contributed by atoms with Gasteiger partial charge in [0.05, 0.1) is 36.1 Å². The first-order valence-corrected chi connectivity index (χ1v) is 16.9. The van der Waals surface area contributed by atoms with Gasteiger partial charge in [0, 0.05) is 10.6 Å². The Labute approximate surface area is 290 Å². The Balaban J connectivity index is 1.17. The summed E-state index contributed by atoms with van der Waals surface area (Å²) < 4.78 is 39.6. The third-order valence-corrected chi connectivity index (χ3v) is 9.33. The van der Waals surface area contributed by atoms with Gasteiger partial charge in [0.25, 0.3) is 21.8 Å². The smallest absolute Gasteiger partial charge is 0.271 e. The molecule has 2 N–H and O–H groups in total. The Bertz CT molecular complexity index is 2060. The highest BCUT2D eigenvalue weighted by Gasteiger charge is 2.26. The van der Waals surface area contributed by atoms with Crippen LogP contribution in [-0.4, -0.2) is 40.2 Å². The fraction of sp³-hybridized carbons (Fsp3) is 0.108. The summed E-state index contributed by atoms with van der Waals surface area (Å²) in [4.78, 5) is 25.2. The first-order chi connectivity index (χ1) is 23.6. The van der Waals surface area contributed by atoms with Crippen LogP contribution >= 0.6 is 11.6 Å². The minimum Gasteiger partial charge on any atom is -0.495 e. The number of nitrogens with zero attached hydrogens (tertiary/aromatic N) is 2. The first kappa shape index (κ1) is 34.7. The number of methoxy groups -OCH3 is 1. The van der Waals surface area contributed by atoms with Crippen LogP contribution in [0, 0.1) is 6.92 Å². The zero-order valence-corrected chi connectivity index (χ0v) is 28.2. The van der Waals surface area contributed by atoms with Gasteiger partial charge >= 0.3 is 0 Å². The van der Waals surface area contributed by atoms with Crippen LogP contribution in [0.5, 0.6) is 11.5 Å². The Morgan fingerprint density at radius 3 is 2.29 bits per heavy atom. The number of benzene rings is 5. The number of aryl methyl sites for hydroxylation is 1. The number of para-hydroxylation sites is 2. The van der Waals surface area contributed by atoms with Gasteiger partial charge in [-0.1, -0.05) is 60.1 Å². The topological polar surface area (TPSA) is 126 Å². The Morgan fingerprint density at radius 2 is 1.57 bits per heavy atom. The lowest BCUT2D eigenvalue weighted by atomic mass is 10.1. The highest BCUT2D eigenvalue weighted by atomic mass is 35.5. The normalized spacial score (nSPS) is 11.2. The van der Waals surface area contributed by atoms with Crippen LogP contribution in [-0.2, 0) is 21.4 Å². The van der Waals surface area contributed by atoms with E-state index in [0.717, 1.165) is 5.56 Å². The molecule has 5 rings (SSSR count). The molecule has 5 aromatic rings. The van der Waals surface area contributed by atoms with Crippen molar-refractivity contribution in [3.63, 3.8) is 0 Å². The summed E-state index contributed by atoms with van der Waals surface area (Å²) in [6.45, 7) is 1.65. The van der Waals surface area contributed by atoms with E-state index in [1.54, 1.807) is 115 Å². The van der Waals surface area contributed by atoms with Gasteiger partial charge in [-0.05, 0) is 96.4 Å². The molecule has 2 amide bonds. The first-order valence-electron chi connectivity index (χ1n) is 15.1. The number of nitrogens with one attached hydrogen (secondary N) is 2. The minimum absolute atomic E-state index is 0.0185. The molecule has 250 valence electrons. The number of carbonyl (C=O) groups is 2. The molecule has 12 heteroatoms. The maximum absolute atomic E-state index is 13.7. The maximum Gasteiger partial charge on any atom is 0.271 e. The number of halogens is 1. The molecule has 0 fully saturated rings. The predicted octanol–water partition coefficient (Wildman–Crippen LogP) is 6.83. The molecule has 0 bridgehead atoms. The second-order valence-corrected chi connectivity index (χ2v) is 13.1. The van der Waals surface area contributed by atoms with Crippen LogP contribution in [0.1, 0.15) is 27.0 Å². The van der Waals surface area contributed by atoms with Crippen LogP contribution < -0.4 is 24.5 Å². The number of rotatable bonds is 13. The van der Waals surface area contributed by atoms with Gasteiger partial charge in [-0.25, -0.2) is 13.8 Å². The molecule has 0 unspecified atom stereocenters. The van der Waals surface area contributed by atoms with Gasteiger partial charge in [0.15, 0.2) is 6.61 Å². The zero-order chi connectivity index (χ0) is 34.8. The molecule has 0 atom stereocenters. The number of hydrazone groups is 1. The van der Waals surface area contributed by atoms with Crippen molar-refractivity contribution in [2.24, 2.45) is 5.10 Å². The lowest BCUT2D eigenvalue weighted by Crippen LogP contribution is -2.31. The van der Waals surface area contributed by atoms with Crippen LogP contribution in [0.15, 0.2) is 131 Å². The van der Waals surface area contributed by atoms with E-state index < -0.39 is 15.9 Å². The minimum atomic E-state index is -3.93. The van der Waals surface area contributed by atoms with Crippen molar-refractivity contribution < 1.29 is 27.5 Å². The molecular formula is C37H33ClN4O6S. The Hall–Kier alpha value is -5.65. The monoisotopic (exact) mass is 696 g/mol. The molecular weight excluding hydrogens is 664 g/mol. The summed E-state index contributed by atoms with van der Waals surface area (Å²) in [6, 6.07) is 33.8. The maximum atomic E-state index is 13.7. The third-order valence-electron chi connectivity index (χ3n) is 7.32. The Morgan fingerprint density at radius 1 is 0.878 bits per heavy atom. The number of carbonyl (C=O) groups excluding carboxylic acids is 2. The van der Waals surface area contributed by atoms with Crippen molar-refractivity contribution in [2.45, 2.75) is 18.4 Å². The van der Waals surface area contributed by atoms with Gasteiger partial charge in [-0.2, -0.15) is 5.10 Å². The Kier molecular flexibility index (Phi) is 11.3. The predicted molar refractivity (Wildman–Crippen MR) is 191 cm³/mol. The second-order valence-electron chi connectivity index (χ2n) is 10.8. The summed E-state index contributed by atoms with van der Waals surface area (Å²) in [5.74, 6) is 0.254. The van der Waals surface area contributed by atoms with Crippen molar-refractivity contribution >= 4 is 51.0 Å². The molecule has 0 saturated carbocycles. The highest BCUT2D eigenvalue weighted by Crippen LogP contribution is 2.31. The molecule has 0 radical (unpaired) electrons. The molecule has 0 aliphatic rings. The molecule has 0 heterocycles. The summed E-state index contributed by atoms with van der Waals surface area (Å²) in [7, 11) is -2.41. The molecule has 0 aliphatic heterocycles. The number of hydrogen-bond acceptors (Lipinski definition) is 7. The molecule has 10 nitrogen and oxygen atoms in total. The zero-order valence-electron chi connectivity index (χ0n) is 26.7. The summed E-state index contributed by atoms with van der Waals surface area (Å²) in [5.41, 5.74) is 5.95. The fourth-order valence-electron chi connectivity index (χ4n) is 4.76. The fourth-order valence-corrected chi connectivity index (χ4v) is 6.46. The quantitative estimate of drug-likeness (QED) is 0.103. The van der Waals surface area contributed by atoms with Gasteiger partial charge in [0.2, 0.25) is 0 Å². The highest BCUT2D eigenvalue weighted by molar-refractivity contribution is 7.92. The molecule has 0 saturated heterocycles. The van der Waals surface area contributed by atoms with Crippen LogP contribution in [0.3, 0.4) is 0 Å². The van der Waals surface area contributed by atoms with E-state index in [2.05, 4.69) is 15.8 Å². The molecule has 0 spiro atoms. The van der Waals surface area contributed by atoms with Crippen LogP contribution in [0.2, 0.25) is 5.02 Å². The number of sulfonamides is 1. The van der Waals surface area contributed by atoms with E-state index in [-0.39, 0.29) is 24.0 Å². The standard InChI is InChI=1S/C37H33ClN4O6S/c1-26-12-19-30(38)22-34(26)42(49(45,46)32-8-4-3-5-9-32)24-28-13-17-29(18-14-28)37(44)41-39-23-27-15-20-31(21-16-27)48-25-36(43)40-33-10-6-7-11-35(33)47-2/h3-23H,24-25H2,1-2H3,(H,40,43)(H,41,44)/b39-23-. The van der Waals surface area contributed by atoms with E-state index in [9.17, 15) is 18.0 Å². The van der Waals surface area contributed by atoms with Crippen molar-refractivity contribution in [1.82, 2.24) is 5.43 Å². The largest absolute Gasteiger partial charge is 0.495 e. The van der Waals surface area contributed by atoms with E-state index >= 15 is 0 Å². The van der Waals surface area contributed by atoms with Gasteiger partial charge in [0.1, 0.15) is 11.5 Å². The molecule has 0 aromatic heterocycles. The van der Waals surface area contributed by atoms with E-state index in [1.165, 1.54) is 17.6 Å². The summed E-state index contributed by atoms with van der Waals surface area (Å²) in [5, 5.41) is 7.20. The van der Waals surface area contributed by atoms with Gasteiger partial charge < -0.3 is 14.8 Å². The van der Waals surface area contributed by atoms with Gasteiger partial charge in [-0.15, -0.1) is 0 Å². The van der Waals surface area contributed by atoms with E-state index in [0.29, 0.717) is 44.6 Å². The number of ether oxygens (including phenoxy) is 2. The average molecular weight is 697 g/mol. The second kappa shape index (κ2) is 16.0. The van der Waals surface area contributed by atoms with Crippen molar-refractivity contribution in [2.75, 3.05) is 23.3 Å². The lowest BCUT2D eigenvalue weighted by molar-refractivity contribution is -0.118. The number of amides is 2. The van der Waals surface area contributed by atoms with Crippen molar-refractivity contribution in [3.8, 4) is 11.5 Å². The van der Waals surface area contributed by atoms with Crippen LogP contribution in [0.25, 0.3) is 0 Å². The third kappa shape index (κ3) is 9.04. The van der Waals surface area contributed by atoms with Gasteiger partial charge in [-0.3, -0.25) is 13.9 Å². The number of anilines is 2. The lowest BCUT2D eigenvalue weighted by Gasteiger charge is -2.26. The van der Waals surface area contributed by atoms with Crippen LogP contribution in [0.4, 0.5) is 11.4 Å². The van der Waals surface area contributed by atoms with Crippen molar-refractivity contribution in [1.29, 1.82) is 0 Å². The van der Waals surface area contributed by atoms with E-state index in [4.69, 9.17) is 21.1 Å².